The first-order valence-corrected chi connectivity index (χ1v) is 6.18. The number of ether oxygens (including phenoxy) is 1. The summed E-state index contributed by atoms with van der Waals surface area (Å²) in [5.74, 6) is 1.11. The van der Waals surface area contributed by atoms with Gasteiger partial charge in [-0.25, -0.2) is 0 Å². The lowest BCUT2D eigenvalue weighted by Crippen LogP contribution is -2.32. The van der Waals surface area contributed by atoms with Crippen LogP contribution in [0.15, 0.2) is 0 Å². The maximum Gasteiger partial charge on any atom is 0.246 e. The van der Waals surface area contributed by atoms with Crippen LogP contribution in [0.2, 0.25) is 0 Å². The summed E-state index contributed by atoms with van der Waals surface area (Å²) in [6, 6.07) is 0. The molecule has 1 atom stereocenters. The van der Waals surface area contributed by atoms with E-state index in [0.717, 1.165) is 19.3 Å². The molecular weight excluding hydrogens is 214 g/mol. The van der Waals surface area contributed by atoms with Gasteiger partial charge in [0.1, 0.15) is 6.61 Å². The molecule has 0 fully saturated rings. The molecule has 0 saturated heterocycles. The van der Waals surface area contributed by atoms with Crippen molar-refractivity contribution in [1.29, 1.82) is 0 Å². The molecule has 1 amide bonds. The SMILES string of the molecule is CCCOCC(=O)NCC(CC)CCCl. The maximum atomic E-state index is 11.3. The van der Waals surface area contributed by atoms with Crippen LogP contribution in [0.4, 0.5) is 0 Å². The zero-order chi connectivity index (χ0) is 11.5. The second kappa shape index (κ2) is 10.2. The summed E-state index contributed by atoms with van der Waals surface area (Å²) in [6.45, 7) is 5.65. The molecule has 0 spiro atoms. The van der Waals surface area contributed by atoms with Crippen LogP contribution in [0.3, 0.4) is 0 Å². The minimum absolute atomic E-state index is 0.0310. The third-order valence-corrected chi connectivity index (χ3v) is 2.48. The van der Waals surface area contributed by atoms with E-state index in [1.807, 2.05) is 6.92 Å². The lowest BCUT2D eigenvalue weighted by Gasteiger charge is -2.14. The van der Waals surface area contributed by atoms with Crippen LogP contribution < -0.4 is 5.32 Å². The topological polar surface area (TPSA) is 38.3 Å². The molecule has 0 aliphatic carbocycles. The van der Waals surface area contributed by atoms with E-state index in [4.69, 9.17) is 16.3 Å². The fourth-order valence-corrected chi connectivity index (χ4v) is 1.53. The zero-order valence-corrected chi connectivity index (χ0v) is 10.5. The summed E-state index contributed by atoms with van der Waals surface area (Å²) in [7, 11) is 0. The van der Waals surface area contributed by atoms with Gasteiger partial charge in [0.05, 0.1) is 0 Å². The number of hydrogen-bond donors (Lipinski definition) is 1. The van der Waals surface area contributed by atoms with Crippen LogP contribution in [0.25, 0.3) is 0 Å². The molecule has 90 valence electrons. The number of halogens is 1. The molecule has 1 unspecified atom stereocenters. The van der Waals surface area contributed by atoms with E-state index in [1.54, 1.807) is 0 Å². The largest absolute Gasteiger partial charge is 0.372 e. The van der Waals surface area contributed by atoms with E-state index in [2.05, 4.69) is 12.2 Å². The van der Waals surface area contributed by atoms with Gasteiger partial charge < -0.3 is 10.1 Å². The van der Waals surface area contributed by atoms with E-state index in [-0.39, 0.29) is 12.5 Å². The Kier molecular flexibility index (Phi) is 10.1. The second-order valence-corrected chi connectivity index (χ2v) is 3.99. The van der Waals surface area contributed by atoms with Gasteiger partial charge in [0, 0.05) is 19.0 Å². The summed E-state index contributed by atoms with van der Waals surface area (Å²) in [6.07, 6.45) is 2.94. The lowest BCUT2D eigenvalue weighted by molar-refractivity contribution is -0.125. The summed E-state index contributed by atoms with van der Waals surface area (Å²) >= 11 is 5.66. The number of carbonyl (C=O) groups excluding carboxylic acids is 1. The number of rotatable bonds is 9. The number of alkyl halides is 1. The van der Waals surface area contributed by atoms with Gasteiger partial charge in [-0.15, -0.1) is 11.6 Å². The van der Waals surface area contributed by atoms with Crippen molar-refractivity contribution in [2.24, 2.45) is 5.92 Å². The van der Waals surface area contributed by atoms with Crippen molar-refractivity contribution in [1.82, 2.24) is 5.32 Å². The van der Waals surface area contributed by atoms with Gasteiger partial charge in [0.2, 0.25) is 5.91 Å². The molecule has 1 N–H and O–H groups in total. The summed E-state index contributed by atoms with van der Waals surface area (Å²) in [5.41, 5.74) is 0. The molecule has 0 aromatic rings. The predicted molar refractivity (Wildman–Crippen MR) is 63.2 cm³/mol. The summed E-state index contributed by atoms with van der Waals surface area (Å²) in [4.78, 5) is 11.3. The molecule has 0 aliphatic heterocycles. The number of amides is 1. The van der Waals surface area contributed by atoms with Crippen molar-refractivity contribution in [3.05, 3.63) is 0 Å². The standard InChI is InChI=1S/C11H22ClNO2/c1-3-7-15-9-11(14)13-8-10(4-2)5-6-12/h10H,3-9H2,1-2H3,(H,13,14). The molecule has 0 aliphatic rings. The molecule has 0 rings (SSSR count). The third kappa shape index (κ3) is 8.70. The van der Waals surface area contributed by atoms with Gasteiger partial charge in [0.15, 0.2) is 0 Å². The third-order valence-electron chi connectivity index (χ3n) is 2.26. The van der Waals surface area contributed by atoms with Gasteiger partial charge in [0.25, 0.3) is 0 Å². The number of nitrogens with one attached hydrogen (secondary N) is 1. The molecular formula is C11H22ClNO2. The lowest BCUT2D eigenvalue weighted by atomic mass is 10.0. The van der Waals surface area contributed by atoms with Crippen molar-refractivity contribution in [2.75, 3.05) is 25.6 Å². The Bertz CT molecular complexity index is 165. The highest BCUT2D eigenvalue weighted by atomic mass is 35.5. The Hall–Kier alpha value is -0.280. The molecule has 0 aromatic carbocycles. The molecule has 4 heteroatoms. The van der Waals surface area contributed by atoms with E-state index in [0.29, 0.717) is 24.9 Å². The van der Waals surface area contributed by atoms with Crippen LogP contribution in [-0.4, -0.2) is 31.5 Å². The van der Waals surface area contributed by atoms with Crippen LogP contribution in [0, 0.1) is 5.92 Å². The molecule has 0 heterocycles. The van der Waals surface area contributed by atoms with Crippen molar-refractivity contribution >= 4 is 17.5 Å². The summed E-state index contributed by atoms with van der Waals surface area (Å²) in [5, 5.41) is 2.85. The highest BCUT2D eigenvalue weighted by Crippen LogP contribution is 2.07. The normalized spacial score (nSPS) is 12.5. The molecule has 0 saturated carbocycles. The van der Waals surface area contributed by atoms with Gasteiger partial charge in [-0.1, -0.05) is 20.3 Å². The highest BCUT2D eigenvalue weighted by Gasteiger charge is 2.07. The minimum Gasteiger partial charge on any atom is -0.372 e. The van der Waals surface area contributed by atoms with E-state index in [1.165, 1.54) is 0 Å². The number of carbonyl (C=O) groups is 1. The van der Waals surface area contributed by atoms with Crippen molar-refractivity contribution < 1.29 is 9.53 Å². The Labute approximate surface area is 97.5 Å². The molecule has 0 aromatic heterocycles. The van der Waals surface area contributed by atoms with E-state index < -0.39 is 0 Å². The predicted octanol–water partition coefficient (Wildman–Crippen LogP) is 2.18. The van der Waals surface area contributed by atoms with Crippen LogP contribution >= 0.6 is 11.6 Å². The van der Waals surface area contributed by atoms with Gasteiger partial charge >= 0.3 is 0 Å². The van der Waals surface area contributed by atoms with Gasteiger partial charge in [-0.05, 0) is 18.8 Å². The average molecular weight is 236 g/mol. The Morgan fingerprint density at radius 3 is 2.73 bits per heavy atom. The molecule has 0 radical (unpaired) electrons. The minimum atomic E-state index is -0.0310. The quantitative estimate of drug-likeness (QED) is 0.492. The molecule has 0 bridgehead atoms. The fraction of sp³-hybridized carbons (Fsp3) is 0.909. The molecule has 3 nitrogen and oxygen atoms in total. The van der Waals surface area contributed by atoms with E-state index >= 15 is 0 Å². The van der Waals surface area contributed by atoms with Gasteiger partial charge in [-0.2, -0.15) is 0 Å². The molecule has 15 heavy (non-hydrogen) atoms. The van der Waals surface area contributed by atoms with Crippen molar-refractivity contribution in [2.45, 2.75) is 33.1 Å². The Morgan fingerprint density at radius 1 is 1.47 bits per heavy atom. The number of hydrogen-bond acceptors (Lipinski definition) is 2. The Balaban J connectivity index is 3.50. The smallest absolute Gasteiger partial charge is 0.246 e. The van der Waals surface area contributed by atoms with E-state index in [9.17, 15) is 4.79 Å². The summed E-state index contributed by atoms with van der Waals surface area (Å²) < 4.78 is 5.13. The van der Waals surface area contributed by atoms with Crippen molar-refractivity contribution in [3.63, 3.8) is 0 Å². The Morgan fingerprint density at radius 2 is 2.20 bits per heavy atom. The first-order chi connectivity index (χ1) is 7.24. The van der Waals surface area contributed by atoms with Crippen LogP contribution in [0.1, 0.15) is 33.1 Å². The zero-order valence-electron chi connectivity index (χ0n) is 9.72. The fourth-order valence-electron chi connectivity index (χ4n) is 1.22. The first kappa shape index (κ1) is 14.7. The van der Waals surface area contributed by atoms with Gasteiger partial charge in [-0.3, -0.25) is 4.79 Å². The average Bonchev–Trinajstić information content (AvgIpc) is 2.24. The first-order valence-electron chi connectivity index (χ1n) is 5.64. The second-order valence-electron chi connectivity index (χ2n) is 3.61. The highest BCUT2D eigenvalue weighted by molar-refractivity contribution is 6.17. The van der Waals surface area contributed by atoms with Crippen LogP contribution in [-0.2, 0) is 9.53 Å². The van der Waals surface area contributed by atoms with Crippen LogP contribution in [0.5, 0.6) is 0 Å². The monoisotopic (exact) mass is 235 g/mol. The maximum absolute atomic E-state index is 11.3. The van der Waals surface area contributed by atoms with Crippen molar-refractivity contribution in [3.8, 4) is 0 Å².